The van der Waals surface area contributed by atoms with Crippen molar-refractivity contribution in [3.63, 3.8) is 0 Å². The minimum atomic E-state index is 0.181. The number of nitrogens with zero attached hydrogens (tertiary/aromatic N) is 6. The summed E-state index contributed by atoms with van der Waals surface area (Å²) in [5.41, 5.74) is 3.26. The average Bonchev–Trinajstić information content (AvgIpc) is 3.41. The van der Waals surface area contributed by atoms with Gasteiger partial charge in [0.25, 0.3) is 0 Å². The highest BCUT2D eigenvalue weighted by Gasteiger charge is 2.20. The Hall–Kier alpha value is -3.28. The molecule has 4 heterocycles. The van der Waals surface area contributed by atoms with Crippen molar-refractivity contribution in [2.75, 3.05) is 56.7 Å². The molecule has 178 valence electrons. The van der Waals surface area contributed by atoms with E-state index in [-0.39, 0.29) is 6.61 Å². The first-order chi connectivity index (χ1) is 16.5. The highest BCUT2D eigenvalue weighted by molar-refractivity contribution is 7.19. The van der Waals surface area contributed by atoms with Crippen molar-refractivity contribution in [1.82, 2.24) is 29.8 Å². The first-order valence-electron chi connectivity index (χ1n) is 11.2. The summed E-state index contributed by atoms with van der Waals surface area (Å²) in [7, 11) is 1.68. The summed E-state index contributed by atoms with van der Waals surface area (Å²) >= 11 is 1.55. The number of aromatic nitrogens is 5. The number of aromatic amines is 1. The van der Waals surface area contributed by atoms with E-state index in [2.05, 4.69) is 47.0 Å². The van der Waals surface area contributed by atoms with Crippen molar-refractivity contribution in [2.45, 2.75) is 13.8 Å². The Morgan fingerprint density at radius 1 is 1.15 bits per heavy atom. The van der Waals surface area contributed by atoms with Crippen LogP contribution in [0.5, 0.6) is 5.75 Å². The number of β-amino-alcohol motifs (C(OH)–C–C–N with tert-alkyl or cyclic N) is 1. The fraction of sp³-hybridized carbons (Fsp3) is 0.391. The lowest BCUT2D eigenvalue weighted by Crippen LogP contribution is -2.47. The molecule has 34 heavy (non-hydrogen) atoms. The summed E-state index contributed by atoms with van der Waals surface area (Å²) in [4.78, 5) is 27.1. The maximum atomic E-state index is 9.16. The van der Waals surface area contributed by atoms with Gasteiger partial charge in [-0.05, 0) is 32.0 Å². The Balaban J connectivity index is 1.37. The number of methoxy groups -OCH3 is 1. The number of fused-ring (bicyclic) bond motifs is 1. The zero-order valence-corrected chi connectivity index (χ0v) is 20.3. The fourth-order valence-electron chi connectivity index (χ4n) is 4.27. The number of aliphatic hydroxyl groups is 1. The molecule has 1 saturated heterocycles. The van der Waals surface area contributed by atoms with Gasteiger partial charge in [-0.15, -0.1) is 0 Å². The molecule has 4 aromatic rings. The van der Waals surface area contributed by atoms with Gasteiger partial charge >= 0.3 is 0 Å². The van der Waals surface area contributed by atoms with Gasteiger partial charge in [0, 0.05) is 61.1 Å². The number of piperazine rings is 1. The average molecular weight is 481 g/mol. The molecule has 0 atom stereocenters. The lowest BCUT2D eigenvalue weighted by molar-refractivity contribution is 0.188. The number of thiazole rings is 1. The molecule has 0 bridgehead atoms. The summed E-state index contributed by atoms with van der Waals surface area (Å²) in [6.45, 7) is 8.19. The van der Waals surface area contributed by atoms with Gasteiger partial charge in [0.2, 0.25) is 11.9 Å². The fourth-order valence-corrected chi connectivity index (χ4v) is 5.20. The number of hydrogen-bond acceptors (Lipinski definition) is 10. The predicted octanol–water partition coefficient (Wildman–Crippen LogP) is 2.96. The van der Waals surface area contributed by atoms with Crippen LogP contribution in [0.2, 0.25) is 0 Å². The van der Waals surface area contributed by atoms with Crippen LogP contribution >= 0.6 is 11.3 Å². The molecule has 0 unspecified atom stereocenters. The molecule has 1 aliphatic rings. The third-order valence-corrected chi connectivity index (χ3v) is 6.90. The van der Waals surface area contributed by atoms with Crippen molar-refractivity contribution < 1.29 is 9.84 Å². The predicted molar refractivity (Wildman–Crippen MR) is 134 cm³/mol. The van der Waals surface area contributed by atoms with Crippen LogP contribution in [0.1, 0.15) is 11.5 Å². The molecule has 0 aliphatic carbocycles. The standard InChI is InChI=1S/C23H28N8O2S/c1-14-20(17-12-16(33-3)4-5-18(17)25-14)19-13-24-23(34-19)29-21-26-15(2)27-22(28-21)31-8-6-30(7-9-31)10-11-32/h4-5,12-13,25,32H,6-11H2,1-3H3,(H,24,26,27,28,29). The molecule has 1 aliphatic heterocycles. The number of rotatable bonds is 7. The van der Waals surface area contributed by atoms with Crippen LogP contribution in [0.4, 0.5) is 17.0 Å². The van der Waals surface area contributed by atoms with Crippen molar-refractivity contribution in [2.24, 2.45) is 0 Å². The van der Waals surface area contributed by atoms with Crippen LogP contribution < -0.4 is 15.0 Å². The topological polar surface area (TPSA) is 115 Å². The third-order valence-electron chi connectivity index (χ3n) is 5.97. The van der Waals surface area contributed by atoms with Crippen LogP contribution in [0, 0.1) is 13.8 Å². The van der Waals surface area contributed by atoms with Crippen LogP contribution in [0.25, 0.3) is 21.3 Å². The quantitative estimate of drug-likeness (QED) is 0.367. The second kappa shape index (κ2) is 9.53. The van der Waals surface area contributed by atoms with E-state index in [1.165, 1.54) is 0 Å². The van der Waals surface area contributed by atoms with E-state index in [1.54, 1.807) is 18.4 Å². The van der Waals surface area contributed by atoms with Crippen LogP contribution in [0.15, 0.2) is 24.4 Å². The number of aryl methyl sites for hydroxylation is 2. The van der Waals surface area contributed by atoms with E-state index in [0.717, 1.165) is 64.1 Å². The summed E-state index contributed by atoms with van der Waals surface area (Å²) in [6.07, 6.45) is 1.87. The van der Waals surface area contributed by atoms with E-state index >= 15 is 0 Å². The van der Waals surface area contributed by atoms with E-state index in [1.807, 2.05) is 31.3 Å². The minimum Gasteiger partial charge on any atom is -0.497 e. The number of H-pyrrole nitrogens is 1. The molecule has 0 radical (unpaired) electrons. The zero-order chi connectivity index (χ0) is 23.7. The van der Waals surface area contributed by atoms with E-state index in [4.69, 9.17) is 9.84 Å². The molecular weight excluding hydrogens is 452 g/mol. The second-order valence-electron chi connectivity index (χ2n) is 8.25. The molecule has 0 spiro atoms. The molecule has 3 N–H and O–H groups in total. The van der Waals surface area contributed by atoms with Gasteiger partial charge in [-0.2, -0.15) is 15.0 Å². The number of hydrogen-bond donors (Lipinski definition) is 3. The van der Waals surface area contributed by atoms with Gasteiger partial charge < -0.3 is 19.7 Å². The Morgan fingerprint density at radius 2 is 1.97 bits per heavy atom. The molecule has 1 aromatic carbocycles. The number of aliphatic hydroxyl groups excluding tert-OH is 1. The monoisotopic (exact) mass is 480 g/mol. The number of nitrogens with one attached hydrogen (secondary N) is 2. The van der Waals surface area contributed by atoms with Gasteiger partial charge in [-0.1, -0.05) is 11.3 Å². The van der Waals surface area contributed by atoms with E-state index in [0.29, 0.717) is 24.3 Å². The lowest BCUT2D eigenvalue weighted by atomic mass is 10.1. The van der Waals surface area contributed by atoms with Crippen LogP contribution in [-0.4, -0.2) is 81.4 Å². The van der Waals surface area contributed by atoms with Crippen molar-refractivity contribution in [3.05, 3.63) is 35.9 Å². The number of anilines is 3. The molecule has 10 nitrogen and oxygen atoms in total. The number of benzene rings is 1. The second-order valence-corrected chi connectivity index (χ2v) is 9.28. The van der Waals surface area contributed by atoms with Gasteiger partial charge in [0.1, 0.15) is 11.6 Å². The normalized spacial score (nSPS) is 14.6. The van der Waals surface area contributed by atoms with Gasteiger partial charge in [-0.3, -0.25) is 10.2 Å². The molecular formula is C23H28N8O2S. The Morgan fingerprint density at radius 3 is 2.74 bits per heavy atom. The summed E-state index contributed by atoms with van der Waals surface area (Å²) in [5.74, 6) is 2.62. The molecule has 0 amide bonds. The first-order valence-corrected chi connectivity index (χ1v) is 12.1. The largest absolute Gasteiger partial charge is 0.497 e. The minimum absolute atomic E-state index is 0.181. The molecule has 1 fully saturated rings. The van der Waals surface area contributed by atoms with Gasteiger partial charge in [0.05, 0.1) is 18.6 Å². The third kappa shape index (κ3) is 4.54. The molecule has 3 aromatic heterocycles. The zero-order valence-electron chi connectivity index (χ0n) is 19.5. The van der Waals surface area contributed by atoms with E-state index in [9.17, 15) is 0 Å². The number of ether oxygens (including phenoxy) is 1. The highest BCUT2D eigenvalue weighted by Crippen LogP contribution is 2.38. The maximum Gasteiger partial charge on any atom is 0.234 e. The summed E-state index contributed by atoms with van der Waals surface area (Å²) < 4.78 is 5.42. The Bertz CT molecular complexity index is 1300. The van der Waals surface area contributed by atoms with Crippen molar-refractivity contribution in [1.29, 1.82) is 0 Å². The summed E-state index contributed by atoms with van der Waals surface area (Å²) in [5, 5.41) is 14.2. The Labute approximate surface area is 201 Å². The lowest BCUT2D eigenvalue weighted by Gasteiger charge is -2.34. The van der Waals surface area contributed by atoms with Crippen molar-refractivity contribution in [3.8, 4) is 16.2 Å². The molecule has 11 heteroatoms. The SMILES string of the molecule is COc1ccc2[nH]c(C)c(-c3cnc(Nc4nc(C)nc(N5CCN(CCO)CC5)n4)s3)c2c1. The summed E-state index contributed by atoms with van der Waals surface area (Å²) in [6, 6.07) is 6.03. The van der Waals surface area contributed by atoms with Crippen LogP contribution in [-0.2, 0) is 0 Å². The van der Waals surface area contributed by atoms with Gasteiger partial charge in [0.15, 0.2) is 5.13 Å². The van der Waals surface area contributed by atoms with Gasteiger partial charge in [-0.25, -0.2) is 4.98 Å². The maximum absolute atomic E-state index is 9.16. The van der Waals surface area contributed by atoms with Crippen molar-refractivity contribution >= 4 is 39.3 Å². The highest BCUT2D eigenvalue weighted by atomic mass is 32.1. The van der Waals surface area contributed by atoms with E-state index < -0.39 is 0 Å². The molecule has 0 saturated carbocycles. The smallest absolute Gasteiger partial charge is 0.234 e. The first kappa shape index (κ1) is 22.5. The van der Waals surface area contributed by atoms with Crippen LogP contribution in [0.3, 0.4) is 0 Å². The molecule has 5 rings (SSSR count). The Kier molecular flexibility index (Phi) is 6.31.